The van der Waals surface area contributed by atoms with E-state index < -0.39 is 46.1 Å². The van der Waals surface area contributed by atoms with Gasteiger partial charge in [-0.3, -0.25) is 0 Å². The van der Waals surface area contributed by atoms with Crippen molar-refractivity contribution in [1.29, 1.82) is 0 Å². The molecule has 0 bridgehead atoms. The van der Waals surface area contributed by atoms with Gasteiger partial charge in [0, 0.05) is 0 Å². The van der Waals surface area contributed by atoms with Crippen LogP contribution >= 0.6 is 0 Å². The van der Waals surface area contributed by atoms with Crippen LogP contribution in [0.2, 0.25) is 0 Å². The molecular weight excluding hydrogens is 207 g/mol. The number of phenols is 1. The molecule has 0 aliphatic carbocycles. The molecule has 0 heterocycles. The molecule has 0 fully saturated rings. The number of aromatic hydroxyl groups is 1. The second kappa shape index (κ2) is 4.83. The Labute approximate surface area is 103 Å². The summed E-state index contributed by atoms with van der Waals surface area (Å²) in [7, 11) is -5.23. The van der Waals surface area contributed by atoms with Crippen molar-refractivity contribution in [3.63, 3.8) is 0 Å². The molecule has 7 heteroatoms. The summed E-state index contributed by atoms with van der Waals surface area (Å²) in [6.07, 6.45) is 0. The average Bonchev–Trinajstić information content (AvgIpc) is 2.17. The van der Waals surface area contributed by atoms with E-state index in [9.17, 15) is 18.1 Å². The Morgan fingerprint density at radius 3 is 2.54 bits per heavy atom. The molecule has 0 aromatic heterocycles. The van der Waals surface area contributed by atoms with Crippen molar-refractivity contribution in [2.45, 2.75) is 0 Å². The van der Waals surface area contributed by atoms with Crippen molar-refractivity contribution in [2.24, 2.45) is 0 Å². The van der Waals surface area contributed by atoms with Crippen LogP contribution in [0.1, 0.15) is 5.48 Å². The van der Waals surface area contributed by atoms with Gasteiger partial charge in [-0.1, -0.05) is 12.1 Å². The van der Waals surface area contributed by atoms with E-state index in [4.69, 9.17) is 5.48 Å². The molecule has 0 aliphatic rings. The first-order valence-electron chi connectivity index (χ1n) is 4.59. The predicted molar refractivity (Wildman–Crippen MR) is 38.4 cm³/mol. The van der Waals surface area contributed by atoms with Gasteiger partial charge in [-0.15, -0.1) is 0 Å². The van der Waals surface area contributed by atoms with E-state index in [0.29, 0.717) is 0 Å². The van der Waals surface area contributed by atoms with Gasteiger partial charge in [0.2, 0.25) is 0 Å². The first kappa shape index (κ1) is 7.08. The van der Waals surface area contributed by atoms with Gasteiger partial charge in [0.15, 0.2) is 11.5 Å². The number of hydrogen-bond donors (Lipinski definition) is 1. The fourth-order valence-electron chi connectivity index (χ4n) is 0.457. The third-order valence-electron chi connectivity index (χ3n) is 0.820. The second-order valence-electron chi connectivity index (χ2n) is 1.67. The minimum absolute atomic E-state index is 0. The van der Waals surface area contributed by atoms with Crippen molar-refractivity contribution >= 4 is 10.4 Å². The van der Waals surface area contributed by atoms with Crippen molar-refractivity contribution in [3.8, 4) is 11.5 Å². The molecule has 13 heavy (non-hydrogen) atoms. The molecule has 1 rings (SSSR count). The summed E-state index contributed by atoms with van der Waals surface area (Å²) in [6, 6.07) is -3.42. The zero-order valence-electron chi connectivity index (χ0n) is 10.5. The van der Waals surface area contributed by atoms with E-state index in [1.807, 2.05) is 0 Å². The van der Waals surface area contributed by atoms with E-state index in [1.165, 1.54) is 0 Å². The fraction of sp³-hybridized carbons (Fsp3) is 0. The summed E-state index contributed by atoms with van der Waals surface area (Å²) < 4.78 is 63.1. The predicted octanol–water partition coefficient (Wildman–Crippen LogP) is -2.76. The quantitative estimate of drug-likeness (QED) is 0.328. The van der Waals surface area contributed by atoms with Gasteiger partial charge in [0.25, 0.3) is 10.4 Å². The zero-order valence-corrected chi connectivity index (χ0v) is 9.30. The molecule has 0 saturated carbocycles. The van der Waals surface area contributed by atoms with Crippen molar-refractivity contribution in [2.75, 3.05) is 0 Å². The molecule has 0 unspecified atom stereocenters. The SMILES string of the molecule is [2H]c1c([2H])c([2H])c(OS(=O)(=O)[O-])c(O)c1[2H].[Na+]. The Kier molecular flexibility index (Phi) is 2.63. The normalized spacial score (nSPS) is 14.5. The van der Waals surface area contributed by atoms with Crippen molar-refractivity contribution in [3.05, 3.63) is 24.2 Å². The van der Waals surface area contributed by atoms with E-state index in [0.717, 1.165) is 0 Å². The summed E-state index contributed by atoms with van der Waals surface area (Å²) in [5, 5.41) is 9.21. The Hall–Kier alpha value is -0.270. The summed E-state index contributed by atoms with van der Waals surface area (Å²) in [6.45, 7) is 0. The Morgan fingerprint density at radius 2 is 2.00 bits per heavy atom. The number of phenolic OH excluding ortho intramolecular Hbond substituents is 1. The van der Waals surface area contributed by atoms with E-state index >= 15 is 0 Å². The molecule has 0 amide bonds. The third-order valence-corrected chi connectivity index (χ3v) is 1.19. The van der Waals surface area contributed by atoms with Crippen molar-refractivity contribution in [1.82, 2.24) is 0 Å². The molecule has 1 aromatic carbocycles. The summed E-state index contributed by atoms with van der Waals surface area (Å²) in [4.78, 5) is 0. The average molecular weight is 216 g/mol. The maximum atomic E-state index is 10.3. The second-order valence-corrected chi connectivity index (χ2v) is 2.65. The van der Waals surface area contributed by atoms with Crippen molar-refractivity contribution < 1.29 is 57.3 Å². The molecule has 1 aromatic rings. The van der Waals surface area contributed by atoms with E-state index in [-0.39, 0.29) is 29.6 Å². The van der Waals surface area contributed by atoms with Crippen LogP contribution in [-0.2, 0) is 10.4 Å². The maximum absolute atomic E-state index is 10.3. The first-order valence-corrected chi connectivity index (χ1v) is 3.93. The van der Waals surface area contributed by atoms with Gasteiger partial charge in [-0.2, -0.15) is 0 Å². The minimum Gasteiger partial charge on any atom is -0.716 e. The molecular formula is C6H5NaO5S. The third kappa shape index (κ3) is 4.49. The summed E-state index contributed by atoms with van der Waals surface area (Å²) in [5.74, 6) is -2.24. The zero-order chi connectivity index (χ0) is 12.7. The summed E-state index contributed by atoms with van der Waals surface area (Å²) >= 11 is 0. The van der Waals surface area contributed by atoms with Crippen LogP contribution in [0.25, 0.3) is 0 Å². The van der Waals surface area contributed by atoms with Crippen LogP contribution in [-0.4, -0.2) is 18.1 Å². The first-order chi connectivity index (χ1) is 7.15. The molecule has 0 spiro atoms. The van der Waals surface area contributed by atoms with E-state index in [1.54, 1.807) is 0 Å². The number of hydrogen-bond acceptors (Lipinski definition) is 5. The minimum atomic E-state index is -5.23. The van der Waals surface area contributed by atoms with Gasteiger partial charge >= 0.3 is 29.6 Å². The van der Waals surface area contributed by atoms with Gasteiger partial charge in [-0.25, -0.2) is 8.42 Å². The molecule has 0 radical (unpaired) electrons. The van der Waals surface area contributed by atoms with Crippen LogP contribution in [0.4, 0.5) is 0 Å². The van der Waals surface area contributed by atoms with Crippen LogP contribution in [0.15, 0.2) is 24.2 Å². The smallest absolute Gasteiger partial charge is 0.716 e. The summed E-state index contributed by atoms with van der Waals surface area (Å²) in [5.41, 5.74) is 0. The van der Waals surface area contributed by atoms with Crippen LogP contribution in [0, 0.1) is 0 Å². The van der Waals surface area contributed by atoms with Crippen LogP contribution < -0.4 is 33.7 Å². The molecule has 66 valence electrons. The van der Waals surface area contributed by atoms with Gasteiger partial charge in [0.1, 0.15) is 0 Å². The molecule has 0 aliphatic heterocycles. The monoisotopic (exact) mass is 216 g/mol. The Bertz CT molecular complexity index is 517. The molecule has 1 N–H and O–H groups in total. The van der Waals surface area contributed by atoms with Gasteiger partial charge in [-0.05, 0) is 12.1 Å². The molecule has 0 atom stereocenters. The maximum Gasteiger partial charge on any atom is 1.00 e. The number of para-hydroxylation sites is 2. The topological polar surface area (TPSA) is 86.7 Å². The van der Waals surface area contributed by atoms with Crippen LogP contribution in [0.3, 0.4) is 0 Å². The van der Waals surface area contributed by atoms with E-state index in [2.05, 4.69) is 4.18 Å². The molecule has 5 nitrogen and oxygen atoms in total. The largest absolute Gasteiger partial charge is 1.00 e. The standard InChI is InChI=1S/C6H6O5S.Na/c7-5-3-1-2-4-6(5)11-12(8,9)10;/h1-4,7H,(H,8,9,10);/q;+1/p-1/i1D,2D,3D,4D;. The van der Waals surface area contributed by atoms with Gasteiger partial charge < -0.3 is 13.8 Å². The fourth-order valence-corrected chi connectivity index (χ4v) is 0.782. The van der Waals surface area contributed by atoms with Gasteiger partial charge in [0.05, 0.1) is 5.48 Å². The molecule has 0 saturated heterocycles. The Balaban J connectivity index is 0.00000256. The van der Waals surface area contributed by atoms with Crippen LogP contribution in [0.5, 0.6) is 11.5 Å². The number of rotatable bonds is 2. The Morgan fingerprint density at radius 1 is 1.46 bits per heavy atom. The number of benzene rings is 1.